The zero-order valence-corrected chi connectivity index (χ0v) is 12.9. The number of thioether (sulfide) groups is 1. The fraction of sp³-hybridized carbons (Fsp3) is 0.0714. The number of benzene rings is 1. The smallest absolute Gasteiger partial charge is 0.284 e. The van der Waals surface area contributed by atoms with Crippen molar-refractivity contribution in [3.63, 3.8) is 0 Å². The zero-order chi connectivity index (χ0) is 16.9. The normalized spacial score (nSPS) is 10.5. The second-order valence-electron chi connectivity index (χ2n) is 4.49. The van der Waals surface area contributed by atoms with E-state index in [2.05, 4.69) is 15.5 Å². The highest BCUT2D eigenvalue weighted by molar-refractivity contribution is 7.99. The van der Waals surface area contributed by atoms with Crippen LogP contribution in [0.4, 0.5) is 11.4 Å². The molecule has 0 bridgehead atoms. The Labute approximate surface area is 139 Å². The van der Waals surface area contributed by atoms with Gasteiger partial charge in [-0.2, -0.15) is 0 Å². The van der Waals surface area contributed by atoms with Crippen molar-refractivity contribution in [3.05, 3.63) is 52.8 Å². The lowest BCUT2D eigenvalue weighted by Gasteiger charge is -2.03. The van der Waals surface area contributed by atoms with Crippen molar-refractivity contribution in [1.29, 1.82) is 0 Å². The van der Waals surface area contributed by atoms with Gasteiger partial charge in [0.2, 0.25) is 5.91 Å². The fourth-order valence-electron chi connectivity index (χ4n) is 1.76. The Morgan fingerprint density at radius 2 is 2.04 bits per heavy atom. The molecule has 122 valence electrons. The highest BCUT2D eigenvalue weighted by Crippen LogP contribution is 2.23. The van der Waals surface area contributed by atoms with Crippen LogP contribution in [0, 0.1) is 10.1 Å². The standard InChI is InChI=1S/C14H10N4O5S/c19-12(15-9-3-5-10(6-4-9)18(20)21)8-24-14-17-16-13(23-14)11-2-1-7-22-11/h1-7H,8H2,(H,15,19). The maximum atomic E-state index is 11.9. The molecule has 0 aliphatic heterocycles. The molecule has 0 aliphatic carbocycles. The Morgan fingerprint density at radius 1 is 1.25 bits per heavy atom. The molecular formula is C14H10N4O5S. The van der Waals surface area contributed by atoms with E-state index in [0.29, 0.717) is 11.4 Å². The molecule has 9 nitrogen and oxygen atoms in total. The van der Waals surface area contributed by atoms with Crippen LogP contribution in [-0.2, 0) is 4.79 Å². The first-order valence-electron chi connectivity index (χ1n) is 6.66. The molecule has 1 aromatic carbocycles. The summed E-state index contributed by atoms with van der Waals surface area (Å²) in [5, 5.41) is 21.1. The summed E-state index contributed by atoms with van der Waals surface area (Å²) in [5.74, 6) is 0.436. The van der Waals surface area contributed by atoms with Crippen LogP contribution < -0.4 is 5.32 Å². The Morgan fingerprint density at radius 3 is 2.71 bits per heavy atom. The molecule has 3 aromatic rings. The molecule has 24 heavy (non-hydrogen) atoms. The number of nitro benzene ring substituents is 1. The Hall–Kier alpha value is -3.14. The molecule has 0 saturated carbocycles. The molecule has 0 radical (unpaired) electrons. The molecule has 0 saturated heterocycles. The van der Waals surface area contributed by atoms with Gasteiger partial charge < -0.3 is 14.2 Å². The number of carbonyl (C=O) groups excluding carboxylic acids is 1. The third kappa shape index (κ3) is 3.79. The minimum atomic E-state index is -0.506. The fourth-order valence-corrected chi connectivity index (χ4v) is 2.32. The van der Waals surface area contributed by atoms with Gasteiger partial charge in [0, 0.05) is 17.8 Å². The minimum absolute atomic E-state index is 0.0429. The van der Waals surface area contributed by atoms with Gasteiger partial charge in [0.15, 0.2) is 5.76 Å². The van der Waals surface area contributed by atoms with E-state index in [-0.39, 0.29) is 28.5 Å². The molecular weight excluding hydrogens is 336 g/mol. The van der Waals surface area contributed by atoms with Crippen LogP contribution >= 0.6 is 11.8 Å². The molecule has 0 atom stereocenters. The van der Waals surface area contributed by atoms with Gasteiger partial charge in [-0.25, -0.2) is 0 Å². The van der Waals surface area contributed by atoms with Crippen LogP contribution in [0.25, 0.3) is 11.7 Å². The number of hydrogen-bond acceptors (Lipinski definition) is 8. The van der Waals surface area contributed by atoms with Crippen LogP contribution in [0.1, 0.15) is 0 Å². The average Bonchev–Trinajstić information content (AvgIpc) is 3.25. The van der Waals surface area contributed by atoms with Gasteiger partial charge in [0.1, 0.15) is 0 Å². The second-order valence-corrected chi connectivity index (χ2v) is 5.42. The molecule has 0 aliphatic rings. The molecule has 10 heteroatoms. The van der Waals surface area contributed by atoms with Crippen LogP contribution in [0.5, 0.6) is 0 Å². The van der Waals surface area contributed by atoms with Gasteiger partial charge in [-0.3, -0.25) is 14.9 Å². The number of nitrogens with zero attached hydrogens (tertiary/aromatic N) is 3. The number of aromatic nitrogens is 2. The van der Waals surface area contributed by atoms with E-state index < -0.39 is 4.92 Å². The third-order valence-electron chi connectivity index (χ3n) is 2.83. The summed E-state index contributed by atoms with van der Waals surface area (Å²) >= 11 is 1.07. The van der Waals surface area contributed by atoms with E-state index in [1.807, 2.05) is 0 Å². The molecule has 1 N–H and O–H groups in total. The average molecular weight is 346 g/mol. The van der Waals surface area contributed by atoms with Gasteiger partial charge in [-0.15, -0.1) is 10.2 Å². The predicted octanol–water partition coefficient (Wildman–Crippen LogP) is 2.97. The topological polar surface area (TPSA) is 124 Å². The van der Waals surface area contributed by atoms with Crippen molar-refractivity contribution < 1.29 is 18.6 Å². The third-order valence-corrected chi connectivity index (χ3v) is 3.65. The molecule has 0 unspecified atom stereocenters. The molecule has 1 amide bonds. The lowest BCUT2D eigenvalue weighted by atomic mass is 10.3. The van der Waals surface area contributed by atoms with Gasteiger partial charge in [-0.1, -0.05) is 11.8 Å². The molecule has 2 heterocycles. The van der Waals surface area contributed by atoms with E-state index >= 15 is 0 Å². The van der Waals surface area contributed by atoms with Crippen molar-refractivity contribution in [3.8, 4) is 11.7 Å². The predicted molar refractivity (Wildman–Crippen MR) is 84.5 cm³/mol. The van der Waals surface area contributed by atoms with Crippen molar-refractivity contribution in [2.75, 3.05) is 11.1 Å². The number of non-ortho nitro benzene ring substituents is 1. The Kier molecular flexibility index (Phi) is 4.57. The largest absolute Gasteiger partial charge is 0.459 e. The lowest BCUT2D eigenvalue weighted by molar-refractivity contribution is -0.384. The van der Waals surface area contributed by atoms with E-state index in [4.69, 9.17) is 8.83 Å². The quantitative estimate of drug-likeness (QED) is 0.410. The summed E-state index contributed by atoms with van der Waals surface area (Å²) < 4.78 is 10.5. The van der Waals surface area contributed by atoms with Crippen LogP contribution in [0.15, 0.2) is 56.7 Å². The first kappa shape index (κ1) is 15.7. The molecule has 0 spiro atoms. The summed E-state index contributed by atoms with van der Waals surface area (Å²) in [5.41, 5.74) is 0.423. The number of hydrogen-bond donors (Lipinski definition) is 1. The number of carbonyl (C=O) groups is 1. The summed E-state index contributed by atoms with van der Waals surface area (Å²) in [6.07, 6.45) is 1.49. The van der Waals surface area contributed by atoms with Crippen LogP contribution in [0.2, 0.25) is 0 Å². The number of amides is 1. The number of nitrogens with one attached hydrogen (secondary N) is 1. The lowest BCUT2D eigenvalue weighted by Crippen LogP contribution is -2.13. The molecule has 2 aromatic heterocycles. The van der Waals surface area contributed by atoms with E-state index in [0.717, 1.165) is 11.8 Å². The molecule has 0 fully saturated rings. The van der Waals surface area contributed by atoms with Crippen molar-refractivity contribution in [2.24, 2.45) is 0 Å². The first-order chi connectivity index (χ1) is 11.6. The second kappa shape index (κ2) is 6.96. The Bertz CT molecular complexity index is 844. The van der Waals surface area contributed by atoms with Crippen molar-refractivity contribution in [1.82, 2.24) is 10.2 Å². The first-order valence-corrected chi connectivity index (χ1v) is 7.65. The summed E-state index contributed by atoms with van der Waals surface area (Å²) in [6, 6.07) is 8.94. The van der Waals surface area contributed by atoms with E-state index in [9.17, 15) is 14.9 Å². The number of furan rings is 1. The highest BCUT2D eigenvalue weighted by Gasteiger charge is 2.13. The highest BCUT2D eigenvalue weighted by atomic mass is 32.2. The van der Waals surface area contributed by atoms with Crippen LogP contribution in [-0.4, -0.2) is 26.8 Å². The minimum Gasteiger partial charge on any atom is -0.459 e. The number of anilines is 1. The van der Waals surface area contributed by atoms with Gasteiger partial charge >= 0.3 is 0 Å². The van der Waals surface area contributed by atoms with E-state index in [1.54, 1.807) is 12.1 Å². The Balaban J connectivity index is 1.53. The van der Waals surface area contributed by atoms with E-state index in [1.165, 1.54) is 30.5 Å². The summed E-state index contributed by atoms with van der Waals surface area (Å²) in [6.45, 7) is 0. The van der Waals surface area contributed by atoms with Crippen molar-refractivity contribution >= 4 is 29.0 Å². The zero-order valence-electron chi connectivity index (χ0n) is 12.0. The van der Waals surface area contributed by atoms with Crippen molar-refractivity contribution in [2.45, 2.75) is 5.22 Å². The van der Waals surface area contributed by atoms with Gasteiger partial charge in [0.05, 0.1) is 16.9 Å². The summed E-state index contributed by atoms with van der Waals surface area (Å²) in [4.78, 5) is 21.9. The number of rotatable bonds is 6. The SMILES string of the molecule is O=C(CSc1nnc(-c2ccco2)o1)Nc1ccc([N+](=O)[O-])cc1. The van der Waals surface area contributed by atoms with Gasteiger partial charge in [0.25, 0.3) is 16.8 Å². The molecule has 3 rings (SSSR count). The van der Waals surface area contributed by atoms with Gasteiger partial charge in [-0.05, 0) is 24.3 Å². The monoisotopic (exact) mass is 346 g/mol. The maximum absolute atomic E-state index is 11.9. The number of nitro groups is 1. The maximum Gasteiger partial charge on any atom is 0.284 e. The van der Waals surface area contributed by atoms with Crippen LogP contribution in [0.3, 0.4) is 0 Å². The summed E-state index contributed by atoms with van der Waals surface area (Å²) in [7, 11) is 0.